The first kappa shape index (κ1) is 17.8. The van der Waals surface area contributed by atoms with E-state index in [1.54, 1.807) is 19.2 Å². The molecule has 0 saturated carbocycles. The van der Waals surface area contributed by atoms with Gasteiger partial charge in [0.25, 0.3) is 0 Å². The minimum absolute atomic E-state index is 0.0946. The molecule has 6 nitrogen and oxygen atoms in total. The molecule has 1 unspecified atom stereocenters. The SMILES string of the molecule is CNC(=O)Nc1cccc(Oc2ccc3c(c2)CC(C(=O)OC)CC3)c1. The van der Waals surface area contributed by atoms with Crippen molar-refractivity contribution in [3.63, 3.8) is 0 Å². The Morgan fingerprint density at radius 3 is 2.65 bits per heavy atom. The number of methoxy groups -OCH3 is 1. The Hall–Kier alpha value is -3.02. The van der Waals surface area contributed by atoms with Gasteiger partial charge in [-0.15, -0.1) is 0 Å². The monoisotopic (exact) mass is 354 g/mol. The van der Waals surface area contributed by atoms with Gasteiger partial charge in [-0.2, -0.15) is 0 Å². The Balaban J connectivity index is 1.74. The maximum Gasteiger partial charge on any atom is 0.318 e. The fourth-order valence-electron chi connectivity index (χ4n) is 3.13. The molecule has 0 aromatic heterocycles. The summed E-state index contributed by atoms with van der Waals surface area (Å²) in [6, 6.07) is 12.8. The second kappa shape index (κ2) is 7.91. The van der Waals surface area contributed by atoms with Crippen LogP contribution in [0.15, 0.2) is 42.5 Å². The number of nitrogens with one attached hydrogen (secondary N) is 2. The molecule has 0 saturated heterocycles. The van der Waals surface area contributed by atoms with Crippen molar-refractivity contribution in [3.8, 4) is 11.5 Å². The summed E-state index contributed by atoms with van der Waals surface area (Å²) < 4.78 is 10.8. The molecule has 1 aliphatic carbocycles. The maximum atomic E-state index is 11.8. The number of fused-ring (bicyclic) bond motifs is 1. The molecule has 0 aliphatic heterocycles. The standard InChI is InChI=1S/C20H22N2O4/c1-21-20(24)22-16-4-3-5-17(12-16)26-18-9-8-13-6-7-14(19(23)25-2)10-15(13)11-18/h3-5,8-9,11-12,14H,6-7,10H2,1-2H3,(H2,21,22,24). The van der Waals surface area contributed by atoms with Crippen LogP contribution < -0.4 is 15.4 Å². The van der Waals surface area contributed by atoms with Gasteiger partial charge in [-0.25, -0.2) is 4.79 Å². The molecule has 6 heteroatoms. The summed E-state index contributed by atoms with van der Waals surface area (Å²) in [4.78, 5) is 23.2. The van der Waals surface area contributed by atoms with Crippen molar-refractivity contribution in [3.05, 3.63) is 53.6 Å². The van der Waals surface area contributed by atoms with Crippen LogP contribution in [0.5, 0.6) is 11.5 Å². The summed E-state index contributed by atoms with van der Waals surface area (Å²) in [6.45, 7) is 0. The number of rotatable bonds is 4. The van der Waals surface area contributed by atoms with Crippen LogP contribution in [0.3, 0.4) is 0 Å². The predicted octanol–water partition coefficient (Wildman–Crippen LogP) is 3.51. The van der Waals surface area contributed by atoms with Crippen LogP contribution in [0.2, 0.25) is 0 Å². The summed E-state index contributed by atoms with van der Waals surface area (Å²) in [7, 11) is 2.99. The predicted molar refractivity (Wildman–Crippen MR) is 98.6 cm³/mol. The molecular weight excluding hydrogens is 332 g/mol. The number of carbonyl (C=O) groups excluding carboxylic acids is 2. The van der Waals surface area contributed by atoms with Gasteiger partial charge in [-0.05, 0) is 54.7 Å². The number of benzene rings is 2. The molecule has 136 valence electrons. The molecule has 2 amide bonds. The largest absolute Gasteiger partial charge is 0.469 e. The summed E-state index contributed by atoms with van der Waals surface area (Å²) in [5.41, 5.74) is 3.00. The average Bonchev–Trinajstić information content (AvgIpc) is 2.67. The maximum absolute atomic E-state index is 11.8. The highest BCUT2D eigenvalue weighted by molar-refractivity contribution is 5.89. The first-order chi connectivity index (χ1) is 12.6. The van der Waals surface area contributed by atoms with Crippen molar-refractivity contribution in [2.45, 2.75) is 19.3 Å². The number of hydrogen-bond donors (Lipinski definition) is 2. The minimum Gasteiger partial charge on any atom is -0.469 e. The third-order valence-electron chi connectivity index (χ3n) is 4.50. The summed E-state index contributed by atoms with van der Waals surface area (Å²) >= 11 is 0. The Bertz CT molecular complexity index is 819. The van der Waals surface area contributed by atoms with Crippen LogP contribution in [-0.2, 0) is 22.4 Å². The number of urea groups is 1. The minimum atomic E-state index is -0.287. The fourth-order valence-corrected chi connectivity index (χ4v) is 3.13. The lowest BCUT2D eigenvalue weighted by molar-refractivity contribution is -0.145. The molecule has 1 atom stereocenters. The van der Waals surface area contributed by atoms with E-state index >= 15 is 0 Å². The van der Waals surface area contributed by atoms with Gasteiger partial charge in [-0.3, -0.25) is 4.79 Å². The second-order valence-electron chi connectivity index (χ2n) is 6.23. The van der Waals surface area contributed by atoms with E-state index in [4.69, 9.17) is 9.47 Å². The molecule has 0 spiro atoms. The molecule has 2 aromatic rings. The molecule has 0 radical (unpaired) electrons. The van der Waals surface area contributed by atoms with Crippen LogP contribution in [-0.4, -0.2) is 26.2 Å². The molecule has 2 N–H and O–H groups in total. The van der Waals surface area contributed by atoms with Crippen LogP contribution in [0, 0.1) is 5.92 Å². The van der Waals surface area contributed by atoms with Gasteiger partial charge < -0.3 is 20.1 Å². The van der Waals surface area contributed by atoms with Crippen molar-refractivity contribution >= 4 is 17.7 Å². The Morgan fingerprint density at radius 1 is 1.08 bits per heavy atom. The zero-order valence-electron chi connectivity index (χ0n) is 14.9. The van der Waals surface area contributed by atoms with Gasteiger partial charge in [0.1, 0.15) is 11.5 Å². The van der Waals surface area contributed by atoms with E-state index < -0.39 is 0 Å². The Labute approximate surface area is 152 Å². The van der Waals surface area contributed by atoms with E-state index in [9.17, 15) is 9.59 Å². The quantitative estimate of drug-likeness (QED) is 0.824. The normalized spacial score (nSPS) is 15.5. The first-order valence-corrected chi connectivity index (χ1v) is 8.55. The molecular formula is C20H22N2O4. The van der Waals surface area contributed by atoms with E-state index in [2.05, 4.69) is 10.6 Å². The van der Waals surface area contributed by atoms with Gasteiger partial charge in [0, 0.05) is 18.8 Å². The van der Waals surface area contributed by atoms with Crippen LogP contribution in [0.25, 0.3) is 0 Å². The molecule has 0 bridgehead atoms. The van der Waals surface area contributed by atoms with Crippen LogP contribution in [0.4, 0.5) is 10.5 Å². The highest BCUT2D eigenvalue weighted by Crippen LogP contribution is 2.31. The topological polar surface area (TPSA) is 76.7 Å². The number of aryl methyl sites for hydroxylation is 1. The molecule has 2 aromatic carbocycles. The fraction of sp³-hybridized carbons (Fsp3) is 0.300. The number of esters is 1. The van der Waals surface area contributed by atoms with Crippen LogP contribution in [0.1, 0.15) is 17.5 Å². The first-order valence-electron chi connectivity index (χ1n) is 8.55. The third kappa shape index (κ3) is 4.14. The molecule has 3 rings (SSSR count). The Morgan fingerprint density at radius 2 is 1.88 bits per heavy atom. The second-order valence-corrected chi connectivity index (χ2v) is 6.23. The number of amides is 2. The lowest BCUT2D eigenvalue weighted by Gasteiger charge is -2.23. The summed E-state index contributed by atoms with van der Waals surface area (Å²) in [5, 5.41) is 5.22. The summed E-state index contributed by atoms with van der Waals surface area (Å²) in [5.74, 6) is 1.07. The van der Waals surface area contributed by atoms with E-state index in [-0.39, 0.29) is 17.9 Å². The van der Waals surface area contributed by atoms with Crippen molar-refractivity contribution in [1.29, 1.82) is 0 Å². The molecule has 0 heterocycles. The zero-order valence-corrected chi connectivity index (χ0v) is 14.9. The number of hydrogen-bond acceptors (Lipinski definition) is 4. The zero-order chi connectivity index (χ0) is 18.5. The van der Waals surface area contributed by atoms with Gasteiger partial charge in [0.05, 0.1) is 13.0 Å². The number of carbonyl (C=O) groups is 2. The van der Waals surface area contributed by atoms with Crippen LogP contribution >= 0.6 is 0 Å². The van der Waals surface area contributed by atoms with E-state index in [1.165, 1.54) is 12.7 Å². The number of ether oxygens (including phenoxy) is 2. The molecule has 1 aliphatic rings. The highest BCUT2D eigenvalue weighted by atomic mass is 16.5. The van der Waals surface area contributed by atoms with Gasteiger partial charge in [0.15, 0.2) is 0 Å². The van der Waals surface area contributed by atoms with E-state index in [0.717, 1.165) is 18.4 Å². The lowest BCUT2D eigenvalue weighted by atomic mass is 9.84. The third-order valence-corrected chi connectivity index (χ3v) is 4.50. The summed E-state index contributed by atoms with van der Waals surface area (Å²) in [6.07, 6.45) is 2.34. The van der Waals surface area contributed by atoms with Gasteiger partial charge in [0.2, 0.25) is 0 Å². The molecule has 26 heavy (non-hydrogen) atoms. The number of anilines is 1. The average molecular weight is 354 g/mol. The van der Waals surface area contributed by atoms with Crippen molar-refractivity contribution in [2.75, 3.05) is 19.5 Å². The molecule has 0 fully saturated rings. The van der Waals surface area contributed by atoms with E-state index in [1.807, 2.05) is 30.3 Å². The highest BCUT2D eigenvalue weighted by Gasteiger charge is 2.25. The van der Waals surface area contributed by atoms with E-state index in [0.29, 0.717) is 23.6 Å². The lowest BCUT2D eigenvalue weighted by Crippen LogP contribution is -2.24. The van der Waals surface area contributed by atoms with Crippen molar-refractivity contribution in [1.82, 2.24) is 5.32 Å². The van der Waals surface area contributed by atoms with Crippen molar-refractivity contribution < 1.29 is 19.1 Å². The van der Waals surface area contributed by atoms with Gasteiger partial charge in [-0.1, -0.05) is 12.1 Å². The van der Waals surface area contributed by atoms with Crippen molar-refractivity contribution in [2.24, 2.45) is 5.92 Å². The van der Waals surface area contributed by atoms with Gasteiger partial charge >= 0.3 is 12.0 Å². The smallest absolute Gasteiger partial charge is 0.318 e. The Kier molecular flexibility index (Phi) is 5.41.